The molecule has 2 N–H and O–H groups in total. The number of benzene rings is 1. The summed E-state index contributed by atoms with van der Waals surface area (Å²) in [6, 6.07) is 8.31. The fourth-order valence-corrected chi connectivity index (χ4v) is 1.59. The minimum Gasteiger partial charge on any atom is -0.436 e. The Kier molecular flexibility index (Phi) is 3.89. The number of rotatable bonds is 4. The van der Waals surface area contributed by atoms with Crippen molar-refractivity contribution in [1.29, 1.82) is 0 Å². The molecule has 2 aromatic rings. The number of ether oxygens (including phenoxy) is 1. The van der Waals surface area contributed by atoms with E-state index in [2.05, 4.69) is 4.98 Å². The van der Waals surface area contributed by atoms with Crippen molar-refractivity contribution in [3.63, 3.8) is 0 Å². The minimum absolute atomic E-state index is 0.189. The number of hydrogen-bond acceptors (Lipinski definition) is 3. The van der Waals surface area contributed by atoms with Gasteiger partial charge < -0.3 is 10.5 Å². The summed E-state index contributed by atoms with van der Waals surface area (Å²) in [5.74, 6) is 0.169. The van der Waals surface area contributed by atoms with Gasteiger partial charge in [-0.05, 0) is 43.1 Å². The van der Waals surface area contributed by atoms with Gasteiger partial charge in [0, 0.05) is 12.3 Å². The van der Waals surface area contributed by atoms with E-state index >= 15 is 0 Å². The number of nitrogens with two attached hydrogens (primary N) is 1. The lowest BCUT2D eigenvalue weighted by atomic mass is 10.2. The Hall–Kier alpha value is -1.94. The zero-order valence-corrected chi connectivity index (χ0v) is 10.2. The molecule has 1 aromatic heterocycles. The molecular weight excluding hydrogens is 231 g/mol. The van der Waals surface area contributed by atoms with Crippen LogP contribution in [-0.2, 0) is 6.42 Å². The molecule has 3 nitrogen and oxygen atoms in total. The second kappa shape index (κ2) is 5.60. The van der Waals surface area contributed by atoms with Crippen LogP contribution >= 0.6 is 0 Å². The number of aromatic nitrogens is 1. The predicted octanol–water partition coefficient (Wildman–Crippen LogP) is 2.82. The van der Waals surface area contributed by atoms with Crippen molar-refractivity contribution in [3.8, 4) is 11.6 Å². The summed E-state index contributed by atoms with van der Waals surface area (Å²) in [5.41, 5.74) is 7.42. The molecule has 18 heavy (non-hydrogen) atoms. The van der Waals surface area contributed by atoms with Crippen LogP contribution in [0.15, 0.2) is 36.5 Å². The Morgan fingerprint density at radius 1 is 1.28 bits per heavy atom. The Labute approximate surface area is 105 Å². The van der Waals surface area contributed by atoms with Gasteiger partial charge in [-0.2, -0.15) is 0 Å². The van der Waals surface area contributed by atoms with Gasteiger partial charge in [0.25, 0.3) is 0 Å². The van der Waals surface area contributed by atoms with Crippen LogP contribution in [0.1, 0.15) is 11.1 Å². The zero-order chi connectivity index (χ0) is 13.0. The van der Waals surface area contributed by atoms with Crippen LogP contribution in [0, 0.1) is 12.7 Å². The van der Waals surface area contributed by atoms with Crippen LogP contribution in [0.3, 0.4) is 0 Å². The molecule has 0 radical (unpaired) electrons. The molecule has 0 saturated heterocycles. The molecule has 0 unspecified atom stereocenters. The van der Waals surface area contributed by atoms with Crippen LogP contribution in [0.4, 0.5) is 4.39 Å². The van der Waals surface area contributed by atoms with Crippen molar-refractivity contribution in [3.05, 3.63) is 53.5 Å². The van der Waals surface area contributed by atoms with Crippen molar-refractivity contribution in [2.24, 2.45) is 5.73 Å². The maximum absolute atomic E-state index is 13.5. The van der Waals surface area contributed by atoms with Gasteiger partial charge >= 0.3 is 0 Å². The molecule has 0 spiro atoms. The summed E-state index contributed by atoms with van der Waals surface area (Å²) in [5, 5.41) is 0. The Balaban J connectivity index is 2.15. The van der Waals surface area contributed by atoms with Crippen LogP contribution in [0.2, 0.25) is 0 Å². The molecule has 0 atom stereocenters. The maximum Gasteiger partial charge on any atom is 0.219 e. The summed E-state index contributed by atoms with van der Waals surface area (Å²) in [6.07, 6.45) is 2.46. The topological polar surface area (TPSA) is 48.1 Å². The van der Waals surface area contributed by atoms with E-state index in [1.807, 2.05) is 13.0 Å². The van der Waals surface area contributed by atoms with Crippen molar-refractivity contribution >= 4 is 0 Å². The number of halogens is 1. The van der Waals surface area contributed by atoms with Gasteiger partial charge in [0.15, 0.2) is 11.6 Å². The van der Waals surface area contributed by atoms with Gasteiger partial charge in [0.1, 0.15) is 0 Å². The molecule has 2 rings (SSSR count). The van der Waals surface area contributed by atoms with E-state index in [4.69, 9.17) is 10.5 Å². The highest BCUT2D eigenvalue weighted by molar-refractivity contribution is 5.32. The summed E-state index contributed by atoms with van der Waals surface area (Å²) in [6.45, 7) is 2.46. The number of pyridine rings is 1. The third-order valence-electron chi connectivity index (χ3n) is 2.53. The Morgan fingerprint density at radius 3 is 2.78 bits per heavy atom. The predicted molar refractivity (Wildman–Crippen MR) is 68.2 cm³/mol. The molecule has 0 saturated carbocycles. The van der Waals surface area contributed by atoms with Crippen molar-refractivity contribution in [1.82, 2.24) is 4.98 Å². The average molecular weight is 246 g/mol. The van der Waals surface area contributed by atoms with Crippen LogP contribution in [0.5, 0.6) is 11.6 Å². The van der Waals surface area contributed by atoms with Crippen LogP contribution in [-0.4, -0.2) is 11.5 Å². The SMILES string of the molecule is Cc1ccc(F)c(Oc2ccc(CCN)cn2)c1. The highest BCUT2D eigenvalue weighted by Crippen LogP contribution is 2.24. The first-order valence-electron chi connectivity index (χ1n) is 5.78. The van der Waals surface area contributed by atoms with Gasteiger partial charge in [-0.3, -0.25) is 0 Å². The van der Waals surface area contributed by atoms with E-state index in [0.29, 0.717) is 12.4 Å². The summed E-state index contributed by atoms with van der Waals surface area (Å²) in [4.78, 5) is 4.12. The number of aryl methyl sites for hydroxylation is 1. The largest absolute Gasteiger partial charge is 0.436 e. The quantitative estimate of drug-likeness (QED) is 0.902. The zero-order valence-electron chi connectivity index (χ0n) is 10.2. The van der Waals surface area contributed by atoms with Crippen molar-refractivity contribution in [2.75, 3.05) is 6.54 Å². The molecule has 94 valence electrons. The summed E-state index contributed by atoms with van der Waals surface area (Å²) >= 11 is 0. The van der Waals surface area contributed by atoms with E-state index in [1.165, 1.54) is 6.07 Å². The maximum atomic E-state index is 13.5. The van der Waals surface area contributed by atoms with E-state index in [9.17, 15) is 4.39 Å². The van der Waals surface area contributed by atoms with Crippen molar-refractivity contribution in [2.45, 2.75) is 13.3 Å². The third kappa shape index (κ3) is 3.05. The molecular formula is C14H15FN2O. The second-order valence-corrected chi connectivity index (χ2v) is 4.08. The molecule has 0 aliphatic rings. The molecule has 0 aliphatic carbocycles. The lowest BCUT2D eigenvalue weighted by Gasteiger charge is -2.07. The standard InChI is InChI=1S/C14H15FN2O/c1-10-2-4-12(15)13(8-10)18-14-5-3-11(6-7-16)9-17-14/h2-5,8-9H,6-7,16H2,1H3. The van der Waals surface area contributed by atoms with Gasteiger partial charge in [-0.15, -0.1) is 0 Å². The molecule has 4 heteroatoms. The van der Waals surface area contributed by atoms with E-state index < -0.39 is 5.82 Å². The average Bonchev–Trinajstić information content (AvgIpc) is 2.37. The van der Waals surface area contributed by atoms with Gasteiger partial charge in [-0.1, -0.05) is 12.1 Å². The van der Waals surface area contributed by atoms with Crippen LogP contribution < -0.4 is 10.5 Å². The van der Waals surface area contributed by atoms with Gasteiger partial charge in [-0.25, -0.2) is 9.37 Å². The third-order valence-corrected chi connectivity index (χ3v) is 2.53. The first kappa shape index (κ1) is 12.5. The van der Waals surface area contributed by atoms with Crippen molar-refractivity contribution < 1.29 is 9.13 Å². The van der Waals surface area contributed by atoms with E-state index in [1.54, 1.807) is 24.4 Å². The Morgan fingerprint density at radius 2 is 2.11 bits per heavy atom. The highest BCUT2D eigenvalue weighted by Gasteiger charge is 2.05. The van der Waals surface area contributed by atoms with Crippen LogP contribution in [0.25, 0.3) is 0 Å². The first-order valence-corrected chi connectivity index (χ1v) is 5.78. The molecule has 0 fully saturated rings. The summed E-state index contributed by atoms with van der Waals surface area (Å²) < 4.78 is 18.9. The lowest BCUT2D eigenvalue weighted by Crippen LogP contribution is -2.03. The highest BCUT2D eigenvalue weighted by atomic mass is 19.1. The smallest absolute Gasteiger partial charge is 0.219 e. The lowest BCUT2D eigenvalue weighted by molar-refractivity contribution is 0.427. The Bertz CT molecular complexity index is 526. The number of nitrogens with zero attached hydrogens (tertiary/aromatic N) is 1. The fourth-order valence-electron chi connectivity index (χ4n) is 1.59. The summed E-state index contributed by atoms with van der Waals surface area (Å²) in [7, 11) is 0. The van der Waals surface area contributed by atoms with E-state index in [0.717, 1.165) is 17.5 Å². The molecule has 1 heterocycles. The normalized spacial score (nSPS) is 10.4. The molecule has 1 aromatic carbocycles. The fraction of sp³-hybridized carbons (Fsp3) is 0.214. The van der Waals surface area contributed by atoms with E-state index in [-0.39, 0.29) is 5.75 Å². The molecule has 0 aliphatic heterocycles. The minimum atomic E-state index is -0.395. The molecule has 0 amide bonds. The van der Waals surface area contributed by atoms with Gasteiger partial charge in [0.05, 0.1) is 0 Å². The van der Waals surface area contributed by atoms with Gasteiger partial charge in [0.2, 0.25) is 5.88 Å². The second-order valence-electron chi connectivity index (χ2n) is 4.08. The monoisotopic (exact) mass is 246 g/mol. The first-order chi connectivity index (χ1) is 8.69. The molecule has 0 bridgehead atoms. The number of hydrogen-bond donors (Lipinski definition) is 1.